The molecule has 0 aromatic heterocycles. The molecule has 3 rings (SSSR count). The van der Waals surface area contributed by atoms with Crippen molar-refractivity contribution in [3.8, 4) is 0 Å². The molecule has 23 heavy (non-hydrogen) atoms. The van der Waals surface area contributed by atoms with Crippen LogP contribution in [0, 0.1) is 17.8 Å². The first-order valence-corrected chi connectivity index (χ1v) is 8.90. The molecule has 1 saturated heterocycles. The van der Waals surface area contributed by atoms with E-state index in [1.54, 1.807) is 0 Å². The molecule has 0 aromatic carbocycles. The van der Waals surface area contributed by atoms with Crippen molar-refractivity contribution in [1.29, 1.82) is 0 Å². The van der Waals surface area contributed by atoms with E-state index in [-0.39, 0.29) is 30.3 Å². The molecule has 2 saturated carbocycles. The molecule has 4 unspecified atom stereocenters. The number of fused-ring (bicyclic) bond motifs is 1. The highest BCUT2D eigenvalue weighted by Crippen LogP contribution is 2.36. The van der Waals surface area contributed by atoms with Gasteiger partial charge in [0.1, 0.15) is 6.04 Å². The third-order valence-electron chi connectivity index (χ3n) is 5.88. The van der Waals surface area contributed by atoms with Crippen LogP contribution in [0.4, 0.5) is 0 Å². The number of aliphatic carboxylic acids is 1. The molecule has 3 fully saturated rings. The molecule has 0 bridgehead atoms. The number of rotatable bonds is 4. The molecule has 1 amide bonds. The first-order chi connectivity index (χ1) is 10.6. The summed E-state index contributed by atoms with van der Waals surface area (Å²) in [6.07, 6.45) is 9.66. The zero-order chi connectivity index (χ0) is 15.5. The van der Waals surface area contributed by atoms with Gasteiger partial charge in [-0.2, -0.15) is 0 Å². The number of carboxylic acids is 1. The smallest absolute Gasteiger partial charge is 0.320 e. The van der Waals surface area contributed by atoms with Crippen molar-refractivity contribution in [2.75, 3.05) is 6.54 Å². The SMILES string of the molecule is Cl.O=C(NCC1CCC2NC(C(=O)O)CC2C1)C1CCCCC1. The van der Waals surface area contributed by atoms with Gasteiger partial charge in [0.05, 0.1) is 0 Å². The lowest BCUT2D eigenvalue weighted by Gasteiger charge is -2.32. The fraction of sp³-hybridized carbons (Fsp3) is 0.882. The summed E-state index contributed by atoms with van der Waals surface area (Å²) >= 11 is 0. The quantitative estimate of drug-likeness (QED) is 0.731. The van der Waals surface area contributed by atoms with Crippen molar-refractivity contribution >= 4 is 24.3 Å². The average Bonchev–Trinajstić information content (AvgIpc) is 2.97. The maximum atomic E-state index is 12.2. The van der Waals surface area contributed by atoms with E-state index in [0.29, 0.717) is 17.9 Å². The Kier molecular flexibility index (Phi) is 6.72. The number of hydrogen-bond acceptors (Lipinski definition) is 3. The summed E-state index contributed by atoms with van der Waals surface area (Å²) in [5.74, 6) is 0.732. The van der Waals surface area contributed by atoms with Crippen LogP contribution in [0.25, 0.3) is 0 Å². The predicted octanol–water partition coefficient (Wildman–Crippen LogP) is 2.34. The van der Waals surface area contributed by atoms with Crippen LogP contribution in [-0.2, 0) is 9.59 Å². The van der Waals surface area contributed by atoms with Crippen molar-refractivity contribution in [2.24, 2.45) is 17.8 Å². The van der Waals surface area contributed by atoms with Crippen LogP contribution >= 0.6 is 12.4 Å². The zero-order valence-electron chi connectivity index (χ0n) is 13.6. The lowest BCUT2D eigenvalue weighted by molar-refractivity contribution is -0.139. The maximum absolute atomic E-state index is 12.2. The Bertz CT molecular complexity index is 426. The van der Waals surface area contributed by atoms with Gasteiger partial charge in [-0.05, 0) is 50.4 Å². The minimum absolute atomic E-state index is 0. The van der Waals surface area contributed by atoms with Gasteiger partial charge >= 0.3 is 5.97 Å². The Labute approximate surface area is 144 Å². The number of hydrogen-bond donors (Lipinski definition) is 3. The van der Waals surface area contributed by atoms with E-state index >= 15 is 0 Å². The fourth-order valence-electron chi connectivity index (χ4n) is 4.58. The van der Waals surface area contributed by atoms with Gasteiger partial charge in [-0.25, -0.2) is 0 Å². The summed E-state index contributed by atoms with van der Waals surface area (Å²) in [5, 5.41) is 15.5. The minimum atomic E-state index is -0.725. The van der Waals surface area contributed by atoms with Gasteiger partial charge in [0.2, 0.25) is 5.91 Å². The molecule has 1 heterocycles. The largest absolute Gasteiger partial charge is 0.480 e. The van der Waals surface area contributed by atoms with Crippen LogP contribution in [0.5, 0.6) is 0 Å². The van der Waals surface area contributed by atoms with E-state index in [2.05, 4.69) is 10.6 Å². The number of carboxylic acid groups (broad SMARTS) is 1. The van der Waals surface area contributed by atoms with Crippen molar-refractivity contribution in [3.63, 3.8) is 0 Å². The van der Waals surface area contributed by atoms with Crippen LogP contribution in [0.3, 0.4) is 0 Å². The molecule has 0 spiro atoms. The maximum Gasteiger partial charge on any atom is 0.320 e. The highest BCUT2D eigenvalue weighted by atomic mass is 35.5. The molecular weight excluding hydrogens is 316 g/mol. The van der Waals surface area contributed by atoms with Gasteiger partial charge in [-0.3, -0.25) is 9.59 Å². The summed E-state index contributed by atoms with van der Waals surface area (Å²) in [6, 6.07) is -0.00280. The monoisotopic (exact) mass is 344 g/mol. The lowest BCUT2D eigenvalue weighted by Crippen LogP contribution is -2.41. The van der Waals surface area contributed by atoms with Gasteiger partial charge in [0.25, 0.3) is 0 Å². The molecule has 132 valence electrons. The Hall–Kier alpha value is -0.810. The minimum Gasteiger partial charge on any atom is -0.480 e. The first-order valence-electron chi connectivity index (χ1n) is 8.90. The van der Waals surface area contributed by atoms with Crippen LogP contribution in [0.1, 0.15) is 57.8 Å². The van der Waals surface area contributed by atoms with Gasteiger partial charge in [-0.15, -0.1) is 12.4 Å². The predicted molar refractivity (Wildman–Crippen MR) is 90.6 cm³/mol. The number of carbonyl (C=O) groups excluding carboxylic acids is 1. The normalized spacial score (nSPS) is 34.3. The number of amides is 1. The second kappa shape index (κ2) is 8.34. The summed E-state index contributed by atoms with van der Waals surface area (Å²) < 4.78 is 0. The van der Waals surface area contributed by atoms with Gasteiger partial charge in [0.15, 0.2) is 0 Å². The second-order valence-corrected chi connectivity index (χ2v) is 7.42. The van der Waals surface area contributed by atoms with E-state index in [1.165, 1.54) is 19.3 Å². The molecule has 6 heteroatoms. The lowest BCUT2D eigenvalue weighted by atomic mass is 9.78. The van der Waals surface area contributed by atoms with Crippen LogP contribution in [0.15, 0.2) is 0 Å². The molecule has 3 aliphatic rings. The van der Waals surface area contributed by atoms with E-state index in [9.17, 15) is 9.59 Å². The number of nitrogens with one attached hydrogen (secondary N) is 2. The molecule has 0 radical (unpaired) electrons. The second-order valence-electron chi connectivity index (χ2n) is 7.42. The molecular formula is C17H29ClN2O3. The summed E-state index contributed by atoms with van der Waals surface area (Å²) in [5.41, 5.74) is 0. The average molecular weight is 345 g/mol. The molecule has 5 nitrogen and oxygen atoms in total. The molecule has 1 aliphatic heterocycles. The van der Waals surface area contributed by atoms with Crippen LogP contribution in [0.2, 0.25) is 0 Å². The number of carbonyl (C=O) groups is 2. The van der Waals surface area contributed by atoms with E-state index in [4.69, 9.17) is 5.11 Å². The zero-order valence-corrected chi connectivity index (χ0v) is 14.4. The standard InChI is InChI=1S/C17H28N2O3.ClH/c20-16(12-4-2-1-3-5-12)18-10-11-6-7-14-13(8-11)9-15(19-14)17(21)22;/h11-15,19H,1-10H2,(H,18,20)(H,21,22);1H. The summed E-state index contributed by atoms with van der Waals surface area (Å²) in [4.78, 5) is 23.3. The van der Waals surface area contributed by atoms with E-state index in [0.717, 1.165) is 45.1 Å². The van der Waals surface area contributed by atoms with Crippen LogP contribution < -0.4 is 10.6 Å². The third-order valence-corrected chi connectivity index (χ3v) is 5.88. The Morgan fingerprint density at radius 1 is 1.04 bits per heavy atom. The van der Waals surface area contributed by atoms with Crippen molar-refractivity contribution < 1.29 is 14.7 Å². The van der Waals surface area contributed by atoms with Crippen molar-refractivity contribution in [3.05, 3.63) is 0 Å². The van der Waals surface area contributed by atoms with Crippen molar-refractivity contribution in [1.82, 2.24) is 10.6 Å². The third kappa shape index (κ3) is 4.60. The molecule has 2 aliphatic carbocycles. The van der Waals surface area contributed by atoms with E-state index < -0.39 is 5.97 Å². The van der Waals surface area contributed by atoms with Crippen molar-refractivity contribution in [2.45, 2.75) is 69.9 Å². The topological polar surface area (TPSA) is 78.4 Å². The van der Waals surface area contributed by atoms with E-state index in [1.807, 2.05) is 0 Å². The highest BCUT2D eigenvalue weighted by Gasteiger charge is 2.40. The van der Waals surface area contributed by atoms with Gasteiger partial charge in [0, 0.05) is 18.5 Å². The van der Waals surface area contributed by atoms with Gasteiger partial charge < -0.3 is 15.7 Å². The van der Waals surface area contributed by atoms with Crippen LogP contribution in [-0.4, -0.2) is 35.6 Å². The van der Waals surface area contributed by atoms with Gasteiger partial charge in [-0.1, -0.05) is 19.3 Å². The first kappa shape index (κ1) is 18.5. The number of halogens is 1. The Morgan fingerprint density at radius 3 is 2.48 bits per heavy atom. The summed E-state index contributed by atoms with van der Waals surface area (Å²) in [6.45, 7) is 0.774. The highest BCUT2D eigenvalue weighted by molar-refractivity contribution is 5.85. The molecule has 0 aromatic rings. The molecule has 4 atom stereocenters. The summed E-state index contributed by atoms with van der Waals surface area (Å²) in [7, 11) is 0. The molecule has 3 N–H and O–H groups in total. The Balaban J connectivity index is 0.00000192. The Morgan fingerprint density at radius 2 is 1.78 bits per heavy atom. The fourth-order valence-corrected chi connectivity index (χ4v) is 4.58.